The Balaban J connectivity index is 1.72. The van der Waals surface area contributed by atoms with Crippen LogP contribution in [0, 0.1) is 17.0 Å². The topological polar surface area (TPSA) is 153 Å². The van der Waals surface area contributed by atoms with E-state index in [0.29, 0.717) is 24.3 Å². The van der Waals surface area contributed by atoms with Gasteiger partial charge in [0.05, 0.1) is 20.5 Å². The number of nitrogens with zero attached hydrogens (tertiary/aromatic N) is 2. The van der Waals surface area contributed by atoms with Crippen molar-refractivity contribution in [2.45, 2.75) is 36.0 Å². The fourth-order valence-corrected chi connectivity index (χ4v) is 6.05. The maximum absolute atomic E-state index is 13.0. The largest absolute Gasteiger partial charge is 0.366 e. The van der Waals surface area contributed by atoms with Crippen molar-refractivity contribution in [1.29, 1.82) is 0 Å². The molecule has 1 heterocycles. The fraction of sp³-hybridized carbons (Fsp3) is 0.333. The van der Waals surface area contributed by atoms with Crippen LogP contribution in [0.25, 0.3) is 0 Å². The number of carbonyl (C=O) groups excluding carboxylic acids is 2. The Labute approximate surface area is 195 Å². The van der Waals surface area contributed by atoms with Crippen LogP contribution >= 0.6 is 11.8 Å². The minimum Gasteiger partial charge on any atom is -0.366 e. The molecule has 0 unspecified atom stereocenters. The number of carbonyl (C=O) groups is 2. The number of sulfonamides is 1. The number of nitro benzene ring substituents is 1. The Bertz CT molecular complexity index is 1190. The quantitative estimate of drug-likeness (QED) is 0.326. The molecule has 2 amide bonds. The number of piperidine rings is 1. The second kappa shape index (κ2) is 10.3. The molecule has 1 aliphatic heterocycles. The van der Waals surface area contributed by atoms with E-state index in [1.807, 2.05) is 0 Å². The zero-order valence-electron chi connectivity index (χ0n) is 17.9. The third-order valence-electron chi connectivity index (χ3n) is 5.20. The highest BCUT2D eigenvalue weighted by Gasteiger charge is 2.27. The number of benzene rings is 2. The first kappa shape index (κ1) is 24.7. The van der Waals surface area contributed by atoms with Gasteiger partial charge in [-0.05, 0) is 49.6 Å². The summed E-state index contributed by atoms with van der Waals surface area (Å²) in [6.45, 7) is 2.65. The first-order chi connectivity index (χ1) is 15.6. The van der Waals surface area contributed by atoms with Crippen molar-refractivity contribution in [2.24, 2.45) is 5.73 Å². The standard InChI is InChI=1S/C21H24N4O6S2/c1-14-5-7-16(12-19(14)33(30,31)24-9-3-2-4-10-24)23-20(26)13-32-18-8-6-15(21(22)27)11-17(18)25(28)29/h5-8,11-12H,2-4,9-10,13H2,1H3,(H2,22,27)(H,23,26). The van der Waals surface area contributed by atoms with E-state index in [1.165, 1.54) is 22.5 Å². The van der Waals surface area contributed by atoms with Gasteiger partial charge in [-0.1, -0.05) is 12.5 Å². The van der Waals surface area contributed by atoms with E-state index >= 15 is 0 Å². The molecular formula is C21H24N4O6S2. The zero-order chi connectivity index (χ0) is 24.2. The molecule has 0 radical (unpaired) electrons. The summed E-state index contributed by atoms with van der Waals surface area (Å²) in [7, 11) is -3.67. The van der Waals surface area contributed by atoms with E-state index in [2.05, 4.69) is 5.32 Å². The van der Waals surface area contributed by atoms with Crippen LogP contribution in [0.4, 0.5) is 11.4 Å². The van der Waals surface area contributed by atoms with Crippen LogP contribution in [0.5, 0.6) is 0 Å². The zero-order valence-corrected chi connectivity index (χ0v) is 19.6. The molecule has 12 heteroatoms. The van der Waals surface area contributed by atoms with Crippen molar-refractivity contribution in [1.82, 2.24) is 4.31 Å². The second-order valence-electron chi connectivity index (χ2n) is 7.59. The number of rotatable bonds is 8. The van der Waals surface area contributed by atoms with Gasteiger partial charge in [-0.2, -0.15) is 4.31 Å². The number of hydrogen-bond acceptors (Lipinski definition) is 7. The minimum absolute atomic E-state index is 0.00222. The van der Waals surface area contributed by atoms with E-state index in [9.17, 15) is 28.1 Å². The van der Waals surface area contributed by atoms with Crippen LogP contribution in [0.15, 0.2) is 46.2 Å². The Morgan fingerprint density at radius 1 is 1.15 bits per heavy atom. The average molecular weight is 493 g/mol. The maximum Gasteiger partial charge on any atom is 0.283 e. The molecule has 1 aliphatic rings. The number of aryl methyl sites for hydroxylation is 1. The third-order valence-corrected chi connectivity index (χ3v) is 8.31. The summed E-state index contributed by atoms with van der Waals surface area (Å²) in [6, 6.07) is 8.47. The summed E-state index contributed by atoms with van der Waals surface area (Å²) in [5.41, 5.74) is 5.74. The minimum atomic E-state index is -3.67. The van der Waals surface area contributed by atoms with Crippen molar-refractivity contribution >= 4 is 45.0 Å². The molecule has 2 aromatic rings. The summed E-state index contributed by atoms with van der Waals surface area (Å²) < 4.78 is 27.6. The normalized spacial score (nSPS) is 14.6. The molecule has 0 saturated carbocycles. The summed E-state index contributed by atoms with van der Waals surface area (Å²) in [4.78, 5) is 34.7. The highest BCUT2D eigenvalue weighted by Crippen LogP contribution is 2.31. The van der Waals surface area contributed by atoms with Gasteiger partial charge >= 0.3 is 0 Å². The lowest BCUT2D eigenvalue weighted by atomic mass is 10.2. The molecule has 0 bridgehead atoms. The predicted molar refractivity (Wildman–Crippen MR) is 125 cm³/mol. The van der Waals surface area contributed by atoms with Crippen molar-refractivity contribution in [2.75, 3.05) is 24.2 Å². The van der Waals surface area contributed by atoms with Gasteiger partial charge in [-0.3, -0.25) is 19.7 Å². The maximum atomic E-state index is 13.0. The highest BCUT2D eigenvalue weighted by atomic mass is 32.2. The second-order valence-corrected chi connectivity index (χ2v) is 10.5. The van der Waals surface area contributed by atoms with E-state index in [-0.39, 0.29) is 26.8 Å². The Hall–Kier alpha value is -2.96. The van der Waals surface area contributed by atoms with Crippen LogP contribution in [0.3, 0.4) is 0 Å². The number of thioether (sulfide) groups is 1. The third kappa shape index (κ3) is 5.89. The molecule has 3 rings (SSSR count). The molecular weight excluding hydrogens is 468 g/mol. The van der Waals surface area contributed by atoms with Gasteiger partial charge in [-0.15, -0.1) is 11.8 Å². The molecule has 33 heavy (non-hydrogen) atoms. The van der Waals surface area contributed by atoms with Crippen molar-refractivity contribution in [3.8, 4) is 0 Å². The molecule has 1 saturated heterocycles. The van der Waals surface area contributed by atoms with Crippen LogP contribution in [0.2, 0.25) is 0 Å². The van der Waals surface area contributed by atoms with Crippen LogP contribution in [-0.2, 0) is 14.8 Å². The molecule has 0 aliphatic carbocycles. The molecule has 176 valence electrons. The van der Waals surface area contributed by atoms with Gasteiger partial charge in [0.1, 0.15) is 0 Å². The monoisotopic (exact) mass is 492 g/mol. The van der Waals surface area contributed by atoms with E-state index in [0.717, 1.165) is 37.1 Å². The summed E-state index contributed by atoms with van der Waals surface area (Å²) in [6.07, 6.45) is 2.64. The first-order valence-electron chi connectivity index (χ1n) is 10.2. The van der Waals surface area contributed by atoms with Gasteiger partial charge in [0.15, 0.2) is 0 Å². The number of anilines is 1. The van der Waals surface area contributed by atoms with Gasteiger partial charge in [0.25, 0.3) is 5.69 Å². The SMILES string of the molecule is Cc1ccc(NC(=O)CSc2ccc(C(N)=O)cc2[N+](=O)[O-])cc1S(=O)(=O)N1CCCCC1. The molecule has 0 atom stereocenters. The lowest BCUT2D eigenvalue weighted by Crippen LogP contribution is -2.36. The van der Waals surface area contributed by atoms with Gasteiger partial charge < -0.3 is 11.1 Å². The highest BCUT2D eigenvalue weighted by molar-refractivity contribution is 8.00. The van der Waals surface area contributed by atoms with E-state index < -0.39 is 26.8 Å². The van der Waals surface area contributed by atoms with Crippen LogP contribution in [0.1, 0.15) is 35.2 Å². The van der Waals surface area contributed by atoms with Gasteiger partial charge in [-0.25, -0.2) is 8.42 Å². The number of nitrogens with one attached hydrogen (secondary N) is 1. The molecule has 2 aromatic carbocycles. The number of hydrogen-bond donors (Lipinski definition) is 2. The predicted octanol–water partition coefficient (Wildman–Crippen LogP) is 2.91. The molecule has 10 nitrogen and oxygen atoms in total. The fourth-order valence-electron chi connectivity index (χ4n) is 3.48. The van der Waals surface area contributed by atoms with Crippen LogP contribution in [-0.4, -0.2) is 48.3 Å². The Morgan fingerprint density at radius 3 is 2.48 bits per heavy atom. The molecule has 1 fully saturated rings. The number of amides is 2. The molecule has 0 aromatic heterocycles. The number of nitrogens with two attached hydrogens (primary N) is 1. The Morgan fingerprint density at radius 2 is 1.85 bits per heavy atom. The number of primary amides is 1. The lowest BCUT2D eigenvalue weighted by molar-refractivity contribution is -0.387. The lowest BCUT2D eigenvalue weighted by Gasteiger charge is -2.26. The average Bonchev–Trinajstić information content (AvgIpc) is 2.79. The Kier molecular flexibility index (Phi) is 7.72. The molecule has 0 spiro atoms. The smallest absolute Gasteiger partial charge is 0.283 e. The summed E-state index contributed by atoms with van der Waals surface area (Å²) >= 11 is 0.926. The van der Waals surface area contributed by atoms with Crippen molar-refractivity contribution in [3.05, 3.63) is 57.6 Å². The molecule has 3 N–H and O–H groups in total. The van der Waals surface area contributed by atoms with Crippen molar-refractivity contribution < 1.29 is 22.9 Å². The summed E-state index contributed by atoms with van der Waals surface area (Å²) in [5, 5.41) is 14.0. The van der Waals surface area contributed by atoms with Crippen LogP contribution < -0.4 is 11.1 Å². The summed E-state index contributed by atoms with van der Waals surface area (Å²) in [5.74, 6) is -1.40. The number of nitro groups is 1. The van der Waals surface area contributed by atoms with E-state index in [1.54, 1.807) is 19.1 Å². The van der Waals surface area contributed by atoms with Gasteiger partial charge in [0.2, 0.25) is 21.8 Å². The first-order valence-corrected chi connectivity index (χ1v) is 12.6. The van der Waals surface area contributed by atoms with E-state index in [4.69, 9.17) is 5.73 Å². The van der Waals surface area contributed by atoms with Crippen molar-refractivity contribution in [3.63, 3.8) is 0 Å². The van der Waals surface area contributed by atoms with Gasteiger partial charge in [0, 0.05) is 30.4 Å².